The molecule has 2 heterocycles. The van der Waals surface area contributed by atoms with Crippen LogP contribution in [0.1, 0.15) is 38.2 Å². The molecule has 1 aromatic rings. The van der Waals surface area contributed by atoms with Gasteiger partial charge in [0, 0.05) is 32.1 Å². The molecule has 2 saturated heterocycles. The van der Waals surface area contributed by atoms with Crippen molar-refractivity contribution in [1.29, 1.82) is 0 Å². The lowest BCUT2D eigenvalue weighted by Crippen LogP contribution is -2.47. The van der Waals surface area contributed by atoms with E-state index in [9.17, 15) is 18.0 Å². The SMILES string of the molecule is CCOC(=O)C1CCN(C(=O)C2CCN(S(=O)(=O)Cc3ccccc3)CC2)CC1. The number of piperidine rings is 2. The molecule has 1 amide bonds. The lowest BCUT2D eigenvalue weighted by atomic mass is 9.92. The van der Waals surface area contributed by atoms with Gasteiger partial charge in [0.1, 0.15) is 0 Å². The van der Waals surface area contributed by atoms with Gasteiger partial charge in [-0.1, -0.05) is 30.3 Å². The number of hydrogen-bond acceptors (Lipinski definition) is 5. The molecular weight excluding hydrogens is 392 g/mol. The predicted molar refractivity (Wildman–Crippen MR) is 109 cm³/mol. The van der Waals surface area contributed by atoms with Crippen LogP contribution in [0.25, 0.3) is 0 Å². The molecule has 0 unspecified atom stereocenters. The fraction of sp³-hybridized carbons (Fsp3) is 0.619. The van der Waals surface area contributed by atoms with Crippen molar-refractivity contribution < 1.29 is 22.7 Å². The van der Waals surface area contributed by atoms with E-state index in [0.29, 0.717) is 58.5 Å². The van der Waals surface area contributed by atoms with Crippen LogP contribution in [-0.2, 0) is 30.1 Å². The quantitative estimate of drug-likeness (QED) is 0.655. The minimum atomic E-state index is -3.38. The Balaban J connectivity index is 1.48. The fourth-order valence-corrected chi connectivity index (χ4v) is 5.67. The smallest absolute Gasteiger partial charge is 0.309 e. The molecule has 29 heavy (non-hydrogen) atoms. The van der Waals surface area contributed by atoms with Crippen molar-refractivity contribution in [2.45, 2.75) is 38.4 Å². The number of rotatable bonds is 6. The van der Waals surface area contributed by atoms with Crippen molar-refractivity contribution in [2.75, 3.05) is 32.8 Å². The van der Waals surface area contributed by atoms with E-state index in [-0.39, 0.29) is 29.5 Å². The van der Waals surface area contributed by atoms with Crippen LogP contribution in [0.3, 0.4) is 0 Å². The largest absolute Gasteiger partial charge is 0.466 e. The second kappa shape index (κ2) is 9.71. The Morgan fingerprint density at radius 1 is 0.966 bits per heavy atom. The van der Waals surface area contributed by atoms with E-state index in [0.717, 1.165) is 5.56 Å². The third-order valence-corrected chi connectivity index (χ3v) is 7.67. The van der Waals surface area contributed by atoms with E-state index in [1.165, 1.54) is 4.31 Å². The number of carbonyl (C=O) groups is 2. The molecule has 0 atom stereocenters. The van der Waals surface area contributed by atoms with Crippen LogP contribution < -0.4 is 0 Å². The third-order valence-electron chi connectivity index (χ3n) is 5.82. The summed E-state index contributed by atoms with van der Waals surface area (Å²) in [6, 6.07) is 9.16. The average molecular weight is 423 g/mol. The van der Waals surface area contributed by atoms with Crippen LogP contribution in [0.2, 0.25) is 0 Å². The molecule has 0 bridgehead atoms. The summed E-state index contributed by atoms with van der Waals surface area (Å²) in [6.45, 7) is 4.06. The molecule has 1 aromatic carbocycles. The predicted octanol–water partition coefficient (Wildman–Crippen LogP) is 2.03. The second-order valence-corrected chi connectivity index (χ2v) is 9.74. The van der Waals surface area contributed by atoms with Crippen LogP contribution in [0.4, 0.5) is 0 Å². The molecule has 7 nitrogen and oxygen atoms in total. The summed E-state index contributed by atoms with van der Waals surface area (Å²) < 4.78 is 31.9. The number of esters is 1. The number of hydrogen-bond donors (Lipinski definition) is 0. The lowest BCUT2D eigenvalue weighted by Gasteiger charge is -2.36. The summed E-state index contributed by atoms with van der Waals surface area (Å²) in [7, 11) is -3.38. The van der Waals surface area contributed by atoms with Gasteiger partial charge >= 0.3 is 5.97 Å². The maximum atomic E-state index is 12.8. The van der Waals surface area contributed by atoms with Gasteiger partial charge in [-0.25, -0.2) is 12.7 Å². The molecule has 0 spiro atoms. The highest BCUT2D eigenvalue weighted by Gasteiger charge is 2.35. The van der Waals surface area contributed by atoms with Gasteiger partial charge in [0.15, 0.2) is 0 Å². The molecule has 8 heteroatoms. The van der Waals surface area contributed by atoms with E-state index >= 15 is 0 Å². The van der Waals surface area contributed by atoms with Gasteiger partial charge in [-0.15, -0.1) is 0 Å². The molecule has 0 N–H and O–H groups in total. The Bertz CT molecular complexity index is 796. The van der Waals surface area contributed by atoms with Crippen molar-refractivity contribution in [1.82, 2.24) is 9.21 Å². The topological polar surface area (TPSA) is 84.0 Å². The monoisotopic (exact) mass is 422 g/mol. The third kappa shape index (κ3) is 5.57. The van der Waals surface area contributed by atoms with Crippen molar-refractivity contribution in [3.8, 4) is 0 Å². The molecule has 2 aliphatic heterocycles. The van der Waals surface area contributed by atoms with Gasteiger partial charge in [-0.2, -0.15) is 0 Å². The van der Waals surface area contributed by atoms with Gasteiger partial charge in [-0.3, -0.25) is 9.59 Å². The first-order valence-electron chi connectivity index (χ1n) is 10.4. The lowest BCUT2D eigenvalue weighted by molar-refractivity contribution is -0.152. The van der Waals surface area contributed by atoms with Gasteiger partial charge in [0.2, 0.25) is 15.9 Å². The van der Waals surface area contributed by atoms with Crippen molar-refractivity contribution in [3.63, 3.8) is 0 Å². The van der Waals surface area contributed by atoms with Crippen molar-refractivity contribution >= 4 is 21.9 Å². The molecule has 2 aliphatic rings. The first-order valence-corrected chi connectivity index (χ1v) is 12.0. The second-order valence-electron chi connectivity index (χ2n) is 7.77. The van der Waals surface area contributed by atoms with E-state index in [2.05, 4.69) is 0 Å². The van der Waals surface area contributed by atoms with E-state index < -0.39 is 10.0 Å². The summed E-state index contributed by atoms with van der Waals surface area (Å²) in [6.07, 6.45) is 2.36. The van der Waals surface area contributed by atoms with Gasteiger partial charge in [0.25, 0.3) is 0 Å². The molecule has 2 fully saturated rings. The molecule has 0 aliphatic carbocycles. The molecular formula is C21H30N2O5S. The summed E-state index contributed by atoms with van der Waals surface area (Å²) in [5.74, 6) is -0.348. The first-order chi connectivity index (χ1) is 13.9. The Kier molecular flexibility index (Phi) is 7.29. The minimum Gasteiger partial charge on any atom is -0.466 e. The highest BCUT2D eigenvalue weighted by atomic mass is 32.2. The highest BCUT2D eigenvalue weighted by molar-refractivity contribution is 7.88. The number of sulfonamides is 1. The molecule has 0 aromatic heterocycles. The van der Waals surface area contributed by atoms with Crippen LogP contribution >= 0.6 is 0 Å². The van der Waals surface area contributed by atoms with Crippen LogP contribution in [0.5, 0.6) is 0 Å². The van der Waals surface area contributed by atoms with Crippen molar-refractivity contribution in [2.24, 2.45) is 11.8 Å². The first kappa shape index (κ1) is 21.8. The Labute approximate surface area is 173 Å². The highest BCUT2D eigenvalue weighted by Crippen LogP contribution is 2.26. The summed E-state index contributed by atoms with van der Waals surface area (Å²) in [4.78, 5) is 26.5. The number of likely N-dealkylation sites (tertiary alicyclic amines) is 1. The van der Waals surface area contributed by atoms with Crippen LogP contribution in [0.15, 0.2) is 30.3 Å². The molecule has 0 saturated carbocycles. The van der Waals surface area contributed by atoms with Gasteiger partial charge in [-0.05, 0) is 38.2 Å². The van der Waals surface area contributed by atoms with Crippen molar-refractivity contribution in [3.05, 3.63) is 35.9 Å². The molecule has 3 rings (SSSR count). The zero-order valence-corrected chi connectivity index (χ0v) is 17.8. The number of amides is 1. The van der Waals surface area contributed by atoms with E-state index in [4.69, 9.17) is 4.74 Å². The summed E-state index contributed by atoms with van der Waals surface area (Å²) in [5.41, 5.74) is 0.773. The Morgan fingerprint density at radius 3 is 2.14 bits per heavy atom. The maximum absolute atomic E-state index is 12.8. The normalized spacial score (nSPS) is 19.8. The number of ether oxygens (including phenoxy) is 1. The number of nitrogens with zero attached hydrogens (tertiary/aromatic N) is 2. The van der Waals surface area contributed by atoms with Gasteiger partial charge < -0.3 is 9.64 Å². The van der Waals surface area contributed by atoms with E-state index in [1.54, 1.807) is 6.92 Å². The van der Waals surface area contributed by atoms with Crippen LogP contribution in [-0.4, -0.2) is 62.3 Å². The standard InChI is InChI=1S/C21H30N2O5S/c1-2-28-21(25)19-8-12-22(13-9-19)20(24)18-10-14-23(15-11-18)29(26,27)16-17-6-4-3-5-7-17/h3-7,18-19H,2,8-16H2,1H3. The zero-order chi connectivity index (χ0) is 20.9. The molecule has 0 radical (unpaired) electrons. The summed E-state index contributed by atoms with van der Waals surface area (Å²) >= 11 is 0. The fourth-order valence-electron chi connectivity index (χ4n) is 4.11. The number of benzene rings is 1. The zero-order valence-electron chi connectivity index (χ0n) is 17.0. The summed E-state index contributed by atoms with van der Waals surface area (Å²) in [5, 5.41) is 0. The number of carbonyl (C=O) groups excluding carboxylic acids is 2. The molecule has 160 valence electrons. The Morgan fingerprint density at radius 2 is 1.55 bits per heavy atom. The Hall–Kier alpha value is -1.93. The van der Waals surface area contributed by atoms with E-state index in [1.807, 2.05) is 35.2 Å². The maximum Gasteiger partial charge on any atom is 0.309 e. The van der Waals surface area contributed by atoms with Crippen LogP contribution in [0, 0.1) is 11.8 Å². The average Bonchev–Trinajstić information content (AvgIpc) is 2.74. The minimum absolute atomic E-state index is 0.00612. The van der Waals surface area contributed by atoms with Gasteiger partial charge in [0.05, 0.1) is 18.3 Å².